The minimum Gasteiger partial charge on any atom is -0.294 e. The predicted molar refractivity (Wildman–Crippen MR) is 79.2 cm³/mol. The summed E-state index contributed by atoms with van der Waals surface area (Å²) >= 11 is 14.3. The molecule has 88 valence electrons. The molecule has 0 unspecified atom stereocenters. The number of halogens is 3. The molecule has 2 rings (SSSR count). The van der Waals surface area contributed by atoms with Crippen LogP contribution in [-0.4, -0.2) is 5.78 Å². The molecule has 1 heterocycles. The van der Waals surface area contributed by atoms with Crippen LogP contribution in [0, 0.1) is 0 Å². The number of ketones is 1. The SMILES string of the molecule is O=C(Cc1ccc(Br)s1)c1cccc(Br)c1Cl. The van der Waals surface area contributed by atoms with Crippen molar-refractivity contribution in [3.63, 3.8) is 0 Å². The lowest BCUT2D eigenvalue weighted by Crippen LogP contribution is -2.03. The van der Waals surface area contributed by atoms with Gasteiger partial charge in [0.1, 0.15) is 0 Å². The van der Waals surface area contributed by atoms with Crippen LogP contribution in [0.4, 0.5) is 0 Å². The van der Waals surface area contributed by atoms with E-state index in [2.05, 4.69) is 31.9 Å². The van der Waals surface area contributed by atoms with Gasteiger partial charge in [0.05, 0.1) is 8.81 Å². The van der Waals surface area contributed by atoms with Crippen LogP contribution in [0.5, 0.6) is 0 Å². The van der Waals surface area contributed by atoms with E-state index in [1.165, 1.54) is 0 Å². The third kappa shape index (κ3) is 3.19. The Labute approximate surface area is 125 Å². The Morgan fingerprint density at radius 2 is 2.00 bits per heavy atom. The minimum atomic E-state index is 0.0330. The summed E-state index contributed by atoms with van der Waals surface area (Å²) in [7, 11) is 0. The maximum atomic E-state index is 12.1. The van der Waals surface area contributed by atoms with Gasteiger partial charge < -0.3 is 0 Å². The first-order valence-electron chi connectivity index (χ1n) is 4.79. The molecule has 1 nitrogen and oxygen atoms in total. The van der Waals surface area contributed by atoms with Crippen molar-refractivity contribution < 1.29 is 4.79 Å². The molecule has 2 aromatic rings. The van der Waals surface area contributed by atoms with E-state index < -0.39 is 0 Å². The van der Waals surface area contributed by atoms with Gasteiger partial charge in [-0.2, -0.15) is 0 Å². The third-order valence-corrected chi connectivity index (χ3v) is 5.14. The Balaban J connectivity index is 2.23. The maximum absolute atomic E-state index is 12.1. The molecule has 1 aromatic carbocycles. The van der Waals surface area contributed by atoms with Crippen molar-refractivity contribution >= 4 is 60.6 Å². The van der Waals surface area contributed by atoms with Gasteiger partial charge in [0, 0.05) is 21.3 Å². The molecule has 17 heavy (non-hydrogen) atoms. The summed E-state index contributed by atoms with van der Waals surface area (Å²) < 4.78 is 1.78. The molecule has 0 spiro atoms. The zero-order valence-corrected chi connectivity index (χ0v) is 13.3. The van der Waals surface area contributed by atoms with Gasteiger partial charge in [-0.15, -0.1) is 11.3 Å². The summed E-state index contributed by atoms with van der Waals surface area (Å²) in [5.41, 5.74) is 0.561. The second kappa shape index (κ2) is 5.65. The number of hydrogen-bond acceptors (Lipinski definition) is 2. The quantitative estimate of drug-likeness (QED) is 0.641. The molecule has 0 amide bonds. The third-order valence-electron chi connectivity index (χ3n) is 2.22. The van der Waals surface area contributed by atoms with Gasteiger partial charge in [0.25, 0.3) is 0 Å². The number of Topliss-reactive ketones (excluding diaryl/α,β-unsaturated/α-hetero) is 1. The van der Waals surface area contributed by atoms with Gasteiger partial charge in [0.2, 0.25) is 0 Å². The first-order valence-corrected chi connectivity index (χ1v) is 7.57. The van der Waals surface area contributed by atoms with Crippen molar-refractivity contribution in [1.29, 1.82) is 0 Å². The molecule has 0 aliphatic heterocycles. The molecule has 1 aromatic heterocycles. The fraction of sp³-hybridized carbons (Fsp3) is 0.0833. The highest BCUT2D eigenvalue weighted by atomic mass is 79.9. The molecular weight excluding hydrogens is 387 g/mol. The lowest BCUT2D eigenvalue weighted by atomic mass is 10.1. The lowest BCUT2D eigenvalue weighted by Gasteiger charge is -2.03. The zero-order valence-electron chi connectivity index (χ0n) is 8.54. The highest BCUT2D eigenvalue weighted by Gasteiger charge is 2.13. The molecule has 0 radical (unpaired) electrons. The smallest absolute Gasteiger partial charge is 0.169 e. The molecule has 0 fully saturated rings. The van der Waals surface area contributed by atoms with E-state index in [1.54, 1.807) is 17.4 Å². The van der Waals surface area contributed by atoms with E-state index >= 15 is 0 Å². The fourth-order valence-electron chi connectivity index (χ4n) is 1.42. The summed E-state index contributed by atoms with van der Waals surface area (Å²) in [4.78, 5) is 13.1. The Bertz CT molecular complexity index is 565. The van der Waals surface area contributed by atoms with Crippen molar-refractivity contribution in [2.45, 2.75) is 6.42 Å². The van der Waals surface area contributed by atoms with E-state index in [-0.39, 0.29) is 5.78 Å². The number of thiophene rings is 1. The molecule has 0 atom stereocenters. The van der Waals surface area contributed by atoms with Crippen molar-refractivity contribution in [1.82, 2.24) is 0 Å². The van der Waals surface area contributed by atoms with Crippen LogP contribution in [0.3, 0.4) is 0 Å². The van der Waals surface area contributed by atoms with Crippen molar-refractivity contribution in [2.24, 2.45) is 0 Å². The Hall–Kier alpha value is -0.160. The molecule has 0 bridgehead atoms. The van der Waals surface area contributed by atoms with E-state index in [9.17, 15) is 4.79 Å². The van der Waals surface area contributed by atoms with Crippen LogP contribution in [0.2, 0.25) is 5.02 Å². The average Bonchev–Trinajstić information content (AvgIpc) is 2.68. The first-order chi connectivity index (χ1) is 8.08. The normalized spacial score (nSPS) is 10.5. The maximum Gasteiger partial charge on any atom is 0.169 e. The largest absolute Gasteiger partial charge is 0.294 e. The summed E-state index contributed by atoms with van der Waals surface area (Å²) in [6.07, 6.45) is 0.381. The Morgan fingerprint density at radius 3 is 2.65 bits per heavy atom. The monoisotopic (exact) mass is 392 g/mol. The second-order valence-corrected chi connectivity index (χ2v) is 7.19. The van der Waals surface area contributed by atoms with Crippen LogP contribution >= 0.6 is 54.8 Å². The molecule has 0 saturated heterocycles. The summed E-state index contributed by atoms with van der Waals surface area (Å²) in [5, 5.41) is 0.480. The van der Waals surface area contributed by atoms with Crippen LogP contribution in [0.1, 0.15) is 15.2 Å². The van der Waals surface area contributed by atoms with Crippen molar-refractivity contribution in [3.05, 3.63) is 54.1 Å². The molecule has 0 N–H and O–H groups in total. The number of benzene rings is 1. The highest BCUT2D eigenvalue weighted by molar-refractivity contribution is 9.11. The Kier molecular flexibility index (Phi) is 4.42. The van der Waals surface area contributed by atoms with Gasteiger partial charge >= 0.3 is 0 Å². The van der Waals surface area contributed by atoms with Crippen molar-refractivity contribution in [3.8, 4) is 0 Å². The van der Waals surface area contributed by atoms with Crippen LogP contribution in [-0.2, 0) is 6.42 Å². The number of hydrogen-bond donors (Lipinski definition) is 0. The molecular formula is C12H7Br2ClOS. The molecule has 0 aliphatic rings. The van der Waals surface area contributed by atoms with E-state index in [4.69, 9.17) is 11.6 Å². The molecule has 0 saturated carbocycles. The van der Waals surface area contributed by atoms with Crippen LogP contribution in [0.15, 0.2) is 38.6 Å². The topological polar surface area (TPSA) is 17.1 Å². The number of carbonyl (C=O) groups is 1. The van der Waals surface area contributed by atoms with Crippen LogP contribution in [0.25, 0.3) is 0 Å². The fourth-order valence-corrected chi connectivity index (χ4v) is 3.50. The van der Waals surface area contributed by atoms with E-state index in [1.807, 2.05) is 24.3 Å². The van der Waals surface area contributed by atoms with Crippen LogP contribution < -0.4 is 0 Å². The summed E-state index contributed by atoms with van der Waals surface area (Å²) in [6, 6.07) is 9.26. The highest BCUT2D eigenvalue weighted by Crippen LogP contribution is 2.28. The molecule has 0 aliphatic carbocycles. The minimum absolute atomic E-state index is 0.0330. The zero-order chi connectivity index (χ0) is 12.4. The van der Waals surface area contributed by atoms with Gasteiger partial charge in [0.15, 0.2) is 5.78 Å². The predicted octanol–water partition coefficient (Wildman–Crippen LogP) is 5.35. The first kappa shape index (κ1) is 13.3. The van der Waals surface area contributed by atoms with Crippen molar-refractivity contribution in [2.75, 3.05) is 0 Å². The number of rotatable bonds is 3. The summed E-state index contributed by atoms with van der Waals surface area (Å²) in [5.74, 6) is 0.0330. The van der Waals surface area contributed by atoms with Gasteiger partial charge in [-0.05, 0) is 56.1 Å². The average molecular weight is 395 g/mol. The van der Waals surface area contributed by atoms with Gasteiger partial charge in [-0.25, -0.2) is 0 Å². The van der Waals surface area contributed by atoms with Gasteiger partial charge in [-0.1, -0.05) is 17.7 Å². The van der Waals surface area contributed by atoms with E-state index in [0.717, 1.165) is 13.1 Å². The Morgan fingerprint density at radius 1 is 1.24 bits per heavy atom. The second-order valence-electron chi connectivity index (χ2n) is 3.41. The van der Waals surface area contributed by atoms with Gasteiger partial charge in [-0.3, -0.25) is 4.79 Å². The molecule has 5 heteroatoms. The lowest BCUT2D eigenvalue weighted by molar-refractivity contribution is 0.0994. The number of carbonyl (C=O) groups excluding carboxylic acids is 1. The summed E-state index contributed by atoms with van der Waals surface area (Å²) in [6.45, 7) is 0. The van der Waals surface area contributed by atoms with E-state index in [0.29, 0.717) is 17.0 Å². The standard InChI is InChI=1S/C12H7Br2ClOS/c13-9-3-1-2-8(12(9)15)10(16)6-7-4-5-11(14)17-7/h1-5H,6H2.